The summed E-state index contributed by atoms with van der Waals surface area (Å²) in [6, 6.07) is 4.63. The van der Waals surface area contributed by atoms with Crippen LogP contribution in [0.5, 0.6) is 0 Å². The van der Waals surface area contributed by atoms with Crippen LogP contribution in [-0.2, 0) is 5.41 Å². The van der Waals surface area contributed by atoms with E-state index >= 15 is 0 Å². The van der Waals surface area contributed by atoms with E-state index in [4.69, 9.17) is 0 Å². The zero-order valence-electron chi connectivity index (χ0n) is 13.7. The van der Waals surface area contributed by atoms with Crippen molar-refractivity contribution in [2.24, 2.45) is 5.41 Å². The summed E-state index contributed by atoms with van der Waals surface area (Å²) in [4.78, 5) is 0. The molecule has 0 aliphatic carbocycles. The third kappa shape index (κ3) is 2.99. The van der Waals surface area contributed by atoms with Crippen LogP contribution in [0.2, 0.25) is 0 Å². The van der Waals surface area contributed by atoms with Gasteiger partial charge in [0.15, 0.2) is 0 Å². The maximum atomic E-state index is 2.36. The average Bonchev–Trinajstić information content (AvgIpc) is 2.17. The summed E-state index contributed by atoms with van der Waals surface area (Å²) in [5.74, 6) is 0.575. The van der Waals surface area contributed by atoms with Crippen molar-refractivity contribution < 1.29 is 0 Å². The van der Waals surface area contributed by atoms with Crippen molar-refractivity contribution in [3.8, 4) is 0 Å². The lowest BCUT2D eigenvalue weighted by Crippen LogP contribution is -2.30. The maximum absolute atomic E-state index is 2.36. The SMILES string of the molecule is Bc1c(C)ccc(C(C)C(C)(C)C)c1C(C)(C)C. The van der Waals surface area contributed by atoms with Crippen LogP contribution in [-0.4, -0.2) is 7.85 Å². The van der Waals surface area contributed by atoms with Crippen molar-refractivity contribution in [1.82, 2.24) is 0 Å². The summed E-state index contributed by atoms with van der Waals surface area (Å²) >= 11 is 0. The molecule has 1 unspecified atom stereocenters. The minimum atomic E-state index is 0.213. The van der Waals surface area contributed by atoms with Gasteiger partial charge in [0.05, 0.1) is 0 Å². The van der Waals surface area contributed by atoms with Gasteiger partial charge in [0.25, 0.3) is 0 Å². The largest absolute Gasteiger partial charge is 0.140 e. The molecule has 0 N–H and O–H groups in total. The topological polar surface area (TPSA) is 0 Å². The lowest BCUT2D eigenvalue weighted by molar-refractivity contribution is 0.335. The molecule has 1 aromatic rings. The Kier molecular flexibility index (Phi) is 4.05. The lowest BCUT2D eigenvalue weighted by atomic mass is 9.67. The number of aryl methyl sites for hydroxylation is 1. The van der Waals surface area contributed by atoms with Crippen LogP contribution in [0.15, 0.2) is 12.1 Å². The van der Waals surface area contributed by atoms with Gasteiger partial charge in [-0.1, -0.05) is 71.6 Å². The van der Waals surface area contributed by atoms with E-state index in [1.807, 2.05) is 0 Å². The van der Waals surface area contributed by atoms with Crippen LogP contribution in [0.1, 0.15) is 71.1 Å². The molecule has 1 atom stereocenters. The van der Waals surface area contributed by atoms with E-state index in [1.54, 1.807) is 5.56 Å². The zero-order chi connectivity index (χ0) is 14.3. The minimum Gasteiger partial charge on any atom is -0.0822 e. The first-order valence-corrected chi connectivity index (χ1v) is 7.07. The van der Waals surface area contributed by atoms with Gasteiger partial charge in [0.2, 0.25) is 0 Å². The smallest absolute Gasteiger partial charge is 0.0822 e. The standard InChI is InChI=1S/C17H29B/c1-11-9-10-13(12(2)16(3,4)5)14(15(11)18)17(6,7)8/h9-10,12H,18H2,1-8H3. The summed E-state index contributed by atoms with van der Waals surface area (Å²) in [7, 11) is 2.27. The molecule has 0 amide bonds. The summed E-state index contributed by atoms with van der Waals surface area (Å²) < 4.78 is 0. The van der Waals surface area contributed by atoms with Crippen LogP contribution >= 0.6 is 0 Å². The van der Waals surface area contributed by atoms with Crippen LogP contribution < -0.4 is 5.46 Å². The summed E-state index contributed by atoms with van der Waals surface area (Å²) in [6.07, 6.45) is 0. The molecule has 0 nitrogen and oxygen atoms in total. The molecule has 0 heterocycles. The Balaban J connectivity index is 3.51. The second-order valence-electron chi connectivity index (χ2n) is 7.81. The number of hydrogen-bond donors (Lipinski definition) is 0. The van der Waals surface area contributed by atoms with E-state index in [1.165, 1.54) is 16.6 Å². The highest BCUT2D eigenvalue weighted by molar-refractivity contribution is 6.34. The Morgan fingerprint density at radius 1 is 1.00 bits per heavy atom. The molecular weight excluding hydrogens is 215 g/mol. The monoisotopic (exact) mass is 244 g/mol. The normalized spacial score (nSPS) is 14.7. The highest BCUT2D eigenvalue weighted by Crippen LogP contribution is 2.39. The molecule has 100 valence electrons. The fraction of sp³-hybridized carbons (Fsp3) is 0.647. The van der Waals surface area contributed by atoms with E-state index in [9.17, 15) is 0 Å². The summed E-state index contributed by atoms with van der Waals surface area (Å²) in [5.41, 5.74) is 6.47. The first-order chi connectivity index (χ1) is 7.96. The first kappa shape index (κ1) is 15.3. The van der Waals surface area contributed by atoms with Crippen molar-refractivity contribution in [2.45, 2.75) is 66.7 Å². The molecule has 0 radical (unpaired) electrons. The molecule has 1 rings (SSSR count). The van der Waals surface area contributed by atoms with Crippen molar-refractivity contribution in [1.29, 1.82) is 0 Å². The van der Waals surface area contributed by atoms with E-state index in [0.717, 1.165) is 0 Å². The fourth-order valence-corrected chi connectivity index (χ4v) is 2.66. The molecule has 0 saturated carbocycles. The molecule has 1 aromatic carbocycles. The maximum Gasteiger partial charge on any atom is 0.140 e. The van der Waals surface area contributed by atoms with Crippen molar-refractivity contribution in [3.05, 3.63) is 28.8 Å². The van der Waals surface area contributed by atoms with Gasteiger partial charge in [-0.05, 0) is 34.8 Å². The highest BCUT2D eigenvalue weighted by atomic mass is 14.3. The molecule has 0 bridgehead atoms. The second-order valence-corrected chi connectivity index (χ2v) is 7.81. The number of rotatable bonds is 1. The second kappa shape index (κ2) is 4.76. The quantitative estimate of drug-likeness (QED) is 0.661. The molecule has 0 spiro atoms. The van der Waals surface area contributed by atoms with Crippen LogP contribution in [0.25, 0.3) is 0 Å². The Morgan fingerprint density at radius 2 is 1.50 bits per heavy atom. The van der Waals surface area contributed by atoms with Crippen LogP contribution in [0, 0.1) is 12.3 Å². The Bertz CT molecular complexity index is 430. The Labute approximate surface area is 115 Å². The van der Waals surface area contributed by atoms with Gasteiger partial charge >= 0.3 is 0 Å². The van der Waals surface area contributed by atoms with E-state index in [-0.39, 0.29) is 5.41 Å². The lowest BCUT2D eigenvalue weighted by Gasteiger charge is -2.35. The van der Waals surface area contributed by atoms with Crippen molar-refractivity contribution >= 4 is 13.3 Å². The van der Waals surface area contributed by atoms with Gasteiger partial charge in [-0.15, -0.1) is 0 Å². The summed E-state index contributed by atoms with van der Waals surface area (Å²) in [6.45, 7) is 18.6. The number of hydrogen-bond acceptors (Lipinski definition) is 0. The van der Waals surface area contributed by atoms with Crippen LogP contribution in [0.4, 0.5) is 0 Å². The molecule has 0 aromatic heterocycles. The zero-order valence-corrected chi connectivity index (χ0v) is 13.7. The van der Waals surface area contributed by atoms with Gasteiger partial charge in [-0.2, -0.15) is 0 Å². The Morgan fingerprint density at radius 3 is 1.89 bits per heavy atom. The van der Waals surface area contributed by atoms with Crippen molar-refractivity contribution in [2.75, 3.05) is 0 Å². The van der Waals surface area contributed by atoms with Gasteiger partial charge in [0.1, 0.15) is 7.85 Å². The molecule has 1 heteroatoms. The highest BCUT2D eigenvalue weighted by Gasteiger charge is 2.28. The molecular formula is C17H29B. The average molecular weight is 244 g/mol. The third-order valence-electron chi connectivity index (χ3n) is 4.28. The van der Waals surface area contributed by atoms with E-state index in [2.05, 4.69) is 75.4 Å². The van der Waals surface area contributed by atoms with Crippen molar-refractivity contribution in [3.63, 3.8) is 0 Å². The first-order valence-electron chi connectivity index (χ1n) is 7.07. The summed E-state index contributed by atoms with van der Waals surface area (Å²) in [5, 5.41) is 0. The van der Waals surface area contributed by atoms with E-state index in [0.29, 0.717) is 11.3 Å². The van der Waals surface area contributed by atoms with E-state index < -0.39 is 0 Å². The molecule has 0 aliphatic heterocycles. The molecule has 18 heavy (non-hydrogen) atoms. The van der Waals surface area contributed by atoms with Gasteiger partial charge in [-0.3, -0.25) is 0 Å². The number of benzene rings is 1. The van der Waals surface area contributed by atoms with Gasteiger partial charge in [-0.25, -0.2) is 0 Å². The molecule has 0 saturated heterocycles. The minimum absolute atomic E-state index is 0.213. The predicted molar refractivity (Wildman–Crippen MR) is 85.9 cm³/mol. The van der Waals surface area contributed by atoms with Gasteiger partial charge in [0, 0.05) is 0 Å². The predicted octanol–water partition coefficient (Wildman–Crippen LogP) is 3.70. The Hall–Kier alpha value is -0.715. The fourth-order valence-electron chi connectivity index (χ4n) is 2.66. The van der Waals surface area contributed by atoms with Gasteiger partial charge < -0.3 is 0 Å². The molecule has 0 aliphatic rings. The third-order valence-corrected chi connectivity index (χ3v) is 4.28. The molecule has 0 fully saturated rings. The van der Waals surface area contributed by atoms with Crippen LogP contribution in [0.3, 0.4) is 0 Å².